The Balaban J connectivity index is 2.19. The summed E-state index contributed by atoms with van der Waals surface area (Å²) < 4.78 is 0. The number of fused-ring (bicyclic) bond motifs is 1. The Morgan fingerprint density at radius 3 is 2.56 bits per heavy atom. The molecule has 0 fully saturated rings. The van der Waals surface area contributed by atoms with Crippen molar-refractivity contribution in [1.29, 1.82) is 0 Å². The van der Waals surface area contributed by atoms with Gasteiger partial charge in [0.25, 0.3) is 0 Å². The maximum atomic E-state index is 4.30. The Labute approximate surface area is 94.4 Å². The van der Waals surface area contributed by atoms with Crippen LogP contribution in [0.25, 0.3) is 22.0 Å². The monoisotopic (exact) mass is 204 g/mol. The number of rotatable bonds is 1. The number of hydrogen-bond donors (Lipinski definition) is 0. The molecule has 1 heterocycles. The Kier molecular flexibility index (Phi) is 2.15. The fourth-order valence-electron chi connectivity index (χ4n) is 1.84. The standard InChI is InChI=1S/C15H10N/c1-2-6-13-11-14(9-8-12(13)5-1)15-7-3-4-10-16-15/h1-3,5-11H. The number of aromatic nitrogens is 1. The third kappa shape index (κ3) is 1.57. The van der Waals surface area contributed by atoms with Gasteiger partial charge in [-0.3, -0.25) is 4.98 Å². The van der Waals surface area contributed by atoms with Gasteiger partial charge in [-0.25, -0.2) is 0 Å². The molecule has 2 aromatic carbocycles. The summed E-state index contributed by atoms with van der Waals surface area (Å²) in [6.07, 6.45) is 1.70. The van der Waals surface area contributed by atoms with Crippen LogP contribution in [0.1, 0.15) is 0 Å². The van der Waals surface area contributed by atoms with Crippen LogP contribution in [0.15, 0.2) is 60.8 Å². The highest BCUT2D eigenvalue weighted by atomic mass is 14.7. The summed E-state index contributed by atoms with van der Waals surface area (Å²) in [7, 11) is 0. The molecule has 0 spiro atoms. The molecule has 1 aromatic heterocycles. The third-order valence-electron chi connectivity index (χ3n) is 2.66. The Bertz CT molecular complexity index is 614. The molecule has 0 aliphatic rings. The van der Waals surface area contributed by atoms with Crippen molar-refractivity contribution in [2.45, 2.75) is 0 Å². The average Bonchev–Trinajstić information content (AvgIpc) is 2.39. The van der Waals surface area contributed by atoms with Crippen molar-refractivity contribution < 1.29 is 0 Å². The summed E-state index contributed by atoms with van der Waals surface area (Å²) in [6, 6.07) is 21.5. The van der Waals surface area contributed by atoms with Crippen molar-refractivity contribution in [3.8, 4) is 11.3 Å². The predicted molar refractivity (Wildman–Crippen MR) is 66.0 cm³/mol. The number of hydrogen-bond acceptors (Lipinski definition) is 1. The average molecular weight is 204 g/mol. The van der Waals surface area contributed by atoms with Crippen LogP contribution in [0.5, 0.6) is 0 Å². The van der Waals surface area contributed by atoms with Crippen LogP contribution in [0.4, 0.5) is 0 Å². The predicted octanol–water partition coefficient (Wildman–Crippen LogP) is 3.70. The molecule has 1 radical (unpaired) electrons. The third-order valence-corrected chi connectivity index (χ3v) is 2.66. The molecule has 1 nitrogen and oxygen atoms in total. The van der Waals surface area contributed by atoms with Gasteiger partial charge in [0.05, 0.1) is 5.69 Å². The molecular weight excluding hydrogens is 194 g/mol. The van der Waals surface area contributed by atoms with Gasteiger partial charge in [0.2, 0.25) is 0 Å². The molecular formula is C15H10N. The smallest absolute Gasteiger partial charge is 0.0702 e. The number of nitrogens with zero attached hydrogens (tertiary/aromatic N) is 1. The fraction of sp³-hybridized carbons (Fsp3) is 0. The summed E-state index contributed by atoms with van der Waals surface area (Å²) in [5.41, 5.74) is 2.14. The van der Waals surface area contributed by atoms with Crippen LogP contribution in [0.3, 0.4) is 0 Å². The van der Waals surface area contributed by atoms with Crippen LogP contribution in [0, 0.1) is 6.07 Å². The van der Waals surface area contributed by atoms with Crippen LogP contribution in [-0.4, -0.2) is 4.98 Å². The molecule has 3 aromatic rings. The van der Waals surface area contributed by atoms with E-state index >= 15 is 0 Å². The maximum absolute atomic E-state index is 4.30. The van der Waals surface area contributed by atoms with Gasteiger partial charge in [-0.1, -0.05) is 42.5 Å². The SMILES string of the molecule is [c]1ccc(-c2ccc3ccccc3c2)nc1. The van der Waals surface area contributed by atoms with Gasteiger partial charge in [0.15, 0.2) is 0 Å². The van der Waals surface area contributed by atoms with Crippen LogP contribution in [0.2, 0.25) is 0 Å². The Morgan fingerprint density at radius 1 is 0.875 bits per heavy atom. The molecule has 0 aliphatic heterocycles. The van der Waals surface area contributed by atoms with Crippen LogP contribution in [-0.2, 0) is 0 Å². The highest BCUT2D eigenvalue weighted by Crippen LogP contribution is 2.22. The van der Waals surface area contributed by atoms with Gasteiger partial charge in [-0.05, 0) is 22.9 Å². The molecule has 0 atom stereocenters. The molecule has 0 aliphatic carbocycles. The van der Waals surface area contributed by atoms with Gasteiger partial charge >= 0.3 is 0 Å². The zero-order valence-electron chi connectivity index (χ0n) is 8.72. The second kappa shape index (κ2) is 3.78. The second-order valence-electron chi connectivity index (χ2n) is 3.71. The van der Waals surface area contributed by atoms with Gasteiger partial charge in [-0.2, -0.15) is 0 Å². The highest BCUT2D eigenvalue weighted by Gasteiger charge is 1.99. The van der Waals surface area contributed by atoms with Gasteiger partial charge in [0, 0.05) is 17.8 Å². The van der Waals surface area contributed by atoms with Crippen molar-refractivity contribution in [2.24, 2.45) is 0 Å². The van der Waals surface area contributed by atoms with Crippen molar-refractivity contribution in [2.75, 3.05) is 0 Å². The van der Waals surface area contributed by atoms with Crippen molar-refractivity contribution in [1.82, 2.24) is 4.98 Å². The topological polar surface area (TPSA) is 12.9 Å². The summed E-state index contributed by atoms with van der Waals surface area (Å²) >= 11 is 0. The minimum Gasteiger partial charge on any atom is -0.256 e. The molecule has 0 saturated heterocycles. The molecule has 75 valence electrons. The molecule has 0 amide bonds. The molecule has 0 unspecified atom stereocenters. The first-order valence-corrected chi connectivity index (χ1v) is 5.25. The van der Waals surface area contributed by atoms with E-state index < -0.39 is 0 Å². The summed E-state index contributed by atoms with van der Waals surface area (Å²) in [5.74, 6) is 0. The van der Waals surface area contributed by atoms with E-state index in [0.717, 1.165) is 11.3 Å². The van der Waals surface area contributed by atoms with Crippen LogP contribution < -0.4 is 0 Å². The first-order valence-electron chi connectivity index (χ1n) is 5.25. The summed E-state index contributed by atoms with van der Waals surface area (Å²) in [4.78, 5) is 4.30. The lowest BCUT2D eigenvalue weighted by Gasteiger charge is -2.02. The van der Waals surface area contributed by atoms with E-state index in [2.05, 4.69) is 53.5 Å². The second-order valence-corrected chi connectivity index (χ2v) is 3.71. The largest absolute Gasteiger partial charge is 0.256 e. The van der Waals surface area contributed by atoms with Gasteiger partial charge in [-0.15, -0.1) is 0 Å². The summed E-state index contributed by atoms with van der Waals surface area (Å²) in [6.45, 7) is 0. The van der Waals surface area contributed by atoms with Gasteiger partial charge < -0.3 is 0 Å². The Hall–Kier alpha value is -2.15. The molecule has 0 N–H and O–H groups in total. The lowest BCUT2D eigenvalue weighted by Crippen LogP contribution is -1.82. The molecule has 0 saturated carbocycles. The zero-order valence-corrected chi connectivity index (χ0v) is 8.72. The molecule has 16 heavy (non-hydrogen) atoms. The summed E-state index contributed by atoms with van der Waals surface area (Å²) in [5, 5.41) is 2.50. The normalized spacial score (nSPS) is 10.5. The van der Waals surface area contributed by atoms with E-state index in [1.807, 2.05) is 12.1 Å². The Morgan fingerprint density at radius 2 is 1.75 bits per heavy atom. The van der Waals surface area contributed by atoms with E-state index in [4.69, 9.17) is 0 Å². The van der Waals surface area contributed by atoms with E-state index in [9.17, 15) is 0 Å². The minimum atomic E-state index is 0.990. The first kappa shape index (κ1) is 9.10. The van der Waals surface area contributed by atoms with Gasteiger partial charge in [0.1, 0.15) is 0 Å². The minimum absolute atomic E-state index is 0.990. The number of benzene rings is 2. The lowest BCUT2D eigenvalue weighted by molar-refractivity contribution is 1.32. The zero-order chi connectivity index (χ0) is 10.8. The van der Waals surface area contributed by atoms with Crippen molar-refractivity contribution >= 4 is 10.8 Å². The van der Waals surface area contributed by atoms with Crippen molar-refractivity contribution in [3.63, 3.8) is 0 Å². The maximum Gasteiger partial charge on any atom is 0.0702 e. The molecule has 0 bridgehead atoms. The van der Waals surface area contributed by atoms with E-state index in [1.54, 1.807) is 6.20 Å². The number of pyridine rings is 1. The lowest BCUT2D eigenvalue weighted by atomic mass is 10.0. The van der Waals surface area contributed by atoms with E-state index in [0.29, 0.717) is 0 Å². The van der Waals surface area contributed by atoms with Crippen molar-refractivity contribution in [3.05, 3.63) is 66.9 Å². The first-order chi connectivity index (χ1) is 7.93. The van der Waals surface area contributed by atoms with E-state index in [1.165, 1.54) is 10.8 Å². The molecule has 1 heteroatoms. The fourth-order valence-corrected chi connectivity index (χ4v) is 1.84. The van der Waals surface area contributed by atoms with E-state index in [-0.39, 0.29) is 0 Å². The van der Waals surface area contributed by atoms with Crippen LogP contribution >= 0.6 is 0 Å². The highest BCUT2D eigenvalue weighted by molar-refractivity contribution is 5.86. The molecule has 3 rings (SSSR count). The quantitative estimate of drug-likeness (QED) is 0.589.